The Labute approximate surface area is 106 Å². The first kappa shape index (κ1) is 13.2. The van der Waals surface area contributed by atoms with E-state index < -0.39 is 17.7 Å². The number of hydrogen-bond acceptors (Lipinski definition) is 3. The summed E-state index contributed by atoms with van der Waals surface area (Å²) in [6.07, 6.45) is -2.09. The van der Waals surface area contributed by atoms with Crippen LogP contribution < -0.4 is 0 Å². The van der Waals surface area contributed by atoms with Gasteiger partial charge >= 0.3 is 12.1 Å². The highest BCUT2D eigenvalue weighted by atomic mass is 19.4. The van der Waals surface area contributed by atoms with Gasteiger partial charge in [0.1, 0.15) is 11.8 Å². The molecule has 0 bridgehead atoms. The third kappa shape index (κ3) is 2.62. The number of methoxy groups -OCH3 is 1. The van der Waals surface area contributed by atoms with Gasteiger partial charge < -0.3 is 9.15 Å². The lowest BCUT2D eigenvalue weighted by molar-refractivity contribution is -0.137. The van der Waals surface area contributed by atoms with Crippen molar-refractivity contribution in [1.82, 2.24) is 0 Å². The van der Waals surface area contributed by atoms with Gasteiger partial charge in [0.25, 0.3) is 0 Å². The molecule has 0 amide bonds. The average molecular weight is 270 g/mol. The minimum absolute atomic E-state index is 0.0850. The largest absolute Gasteiger partial charge is 0.471 e. The maximum absolute atomic E-state index is 12.6. The lowest BCUT2D eigenvalue weighted by Crippen LogP contribution is -2.05. The molecule has 0 aliphatic carbocycles. The summed E-state index contributed by atoms with van der Waals surface area (Å²) in [5, 5.41) is 0. The van der Waals surface area contributed by atoms with Gasteiger partial charge in [-0.2, -0.15) is 13.2 Å². The fraction of sp³-hybridized carbons (Fsp3) is 0.154. The first-order chi connectivity index (χ1) is 8.93. The van der Waals surface area contributed by atoms with Gasteiger partial charge in [-0.3, -0.25) is 0 Å². The molecule has 0 N–H and O–H groups in total. The number of halogens is 3. The second-order valence-electron chi connectivity index (χ2n) is 3.77. The SMILES string of the molecule is COC(=O)c1cocc1-c1cccc(C(F)(F)F)c1. The van der Waals surface area contributed by atoms with Gasteiger partial charge in [0.05, 0.1) is 18.9 Å². The molecule has 0 spiro atoms. The van der Waals surface area contributed by atoms with Crippen molar-refractivity contribution in [3.8, 4) is 11.1 Å². The third-order valence-electron chi connectivity index (χ3n) is 2.57. The van der Waals surface area contributed by atoms with E-state index in [1.54, 1.807) is 0 Å². The van der Waals surface area contributed by atoms with E-state index in [1.807, 2.05) is 0 Å². The molecule has 1 heterocycles. The molecule has 2 aromatic rings. The second-order valence-corrected chi connectivity index (χ2v) is 3.77. The quantitative estimate of drug-likeness (QED) is 0.780. The van der Waals surface area contributed by atoms with Crippen LogP contribution in [0.2, 0.25) is 0 Å². The maximum Gasteiger partial charge on any atom is 0.416 e. The van der Waals surface area contributed by atoms with Gasteiger partial charge in [-0.15, -0.1) is 0 Å². The number of ether oxygens (including phenoxy) is 1. The van der Waals surface area contributed by atoms with Crippen molar-refractivity contribution in [3.63, 3.8) is 0 Å². The molecule has 2 rings (SSSR count). The monoisotopic (exact) mass is 270 g/mol. The summed E-state index contributed by atoms with van der Waals surface area (Å²) in [7, 11) is 1.19. The van der Waals surface area contributed by atoms with Crippen LogP contribution in [0.3, 0.4) is 0 Å². The van der Waals surface area contributed by atoms with Crippen molar-refractivity contribution in [3.05, 3.63) is 47.9 Å². The predicted octanol–water partition coefficient (Wildman–Crippen LogP) is 3.75. The van der Waals surface area contributed by atoms with E-state index in [1.165, 1.54) is 25.5 Å². The lowest BCUT2D eigenvalue weighted by Gasteiger charge is -2.08. The zero-order valence-electron chi connectivity index (χ0n) is 9.82. The summed E-state index contributed by atoms with van der Waals surface area (Å²) >= 11 is 0. The maximum atomic E-state index is 12.6. The van der Waals surface area contributed by atoms with Crippen LogP contribution in [-0.2, 0) is 10.9 Å². The molecule has 0 aliphatic rings. The molecule has 19 heavy (non-hydrogen) atoms. The van der Waals surface area contributed by atoms with Crippen molar-refractivity contribution in [2.24, 2.45) is 0 Å². The van der Waals surface area contributed by atoms with Crippen molar-refractivity contribution in [1.29, 1.82) is 0 Å². The van der Waals surface area contributed by atoms with Crippen LogP contribution in [0.15, 0.2) is 41.2 Å². The molecule has 1 aromatic carbocycles. The number of rotatable bonds is 2. The van der Waals surface area contributed by atoms with Crippen LogP contribution in [0.4, 0.5) is 13.2 Å². The zero-order valence-corrected chi connectivity index (χ0v) is 9.82. The lowest BCUT2D eigenvalue weighted by atomic mass is 10.0. The van der Waals surface area contributed by atoms with E-state index in [-0.39, 0.29) is 16.7 Å². The first-order valence-corrected chi connectivity index (χ1v) is 5.25. The molecular weight excluding hydrogens is 261 g/mol. The molecular formula is C13H9F3O3. The number of furan rings is 1. The number of alkyl halides is 3. The molecule has 0 aliphatic heterocycles. The van der Waals surface area contributed by atoms with E-state index >= 15 is 0 Å². The molecule has 1 aromatic heterocycles. The third-order valence-corrected chi connectivity index (χ3v) is 2.57. The van der Waals surface area contributed by atoms with E-state index in [0.29, 0.717) is 0 Å². The number of hydrogen-bond donors (Lipinski definition) is 0. The van der Waals surface area contributed by atoms with Crippen molar-refractivity contribution in [2.75, 3.05) is 7.11 Å². The molecule has 100 valence electrons. The predicted molar refractivity (Wildman–Crippen MR) is 60.5 cm³/mol. The molecule has 0 saturated carbocycles. The van der Waals surface area contributed by atoms with Crippen LogP contribution in [-0.4, -0.2) is 13.1 Å². The summed E-state index contributed by atoms with van der Waals surface area (Å²) in [5.41, 5.74) is -0.203. The van der Waals surface area contributed by atoms with Gasteiger partial charge in [-0.05, 0) is 17.7 Å². The van der Waals surface area contributed by atoms with Crippen molar-refractivity contribution >= 4 is 5.97 Å². The highest BCUT2D eigenvalue weighted by Crippen LogP contribution is 2.33. The Morgan fingerprint density at radius 1 is 1.26 bits per heavy atom. The van der Waals surface area contributed by atoms with Crippen molar-refractivity contribution in [2.45, 2.75) is 6.18 Å². The Hall–Kier alpha value is -2.24. The molecule has 0 unspecified atom stereocenters. The average Bonchev–Trinajstić information content (AvgIpc) is 2.86. The van der Waals surface area contributed by atoms with Crippen LogP contribution in [0.5, 0.6) is 0 Å². The number of carbonyl (C=O) groups is 1. The summed E-state index contributed by atoms with van der Waals surface area (Å²) in [6, 6.07) is 4.65. The topological polar surface area (TPSA) is 39.4 Å². The van der Waals surface area contributed by atoms with Gasteiger partial charge in [0.2, 0.25) is 0 Å². The molecule has 3 nitrogen and oxygen atoms in total. The summed E-state index contributed by atoms with van der Waals surface area (Å²) in [5.74, 6) is -0.666. The van der Waals surface area contributed by atoms with Gasteiger partial charge in [-0.1, -0.05) is 12.1 Å². The van der Waals surface area contributed by atoms with E-state index in [2.05, 4.69) is 4.74 Å². The minimum atomic E-state index is -4.44. The van der Waals surface area contributed by atoms with Gasteiger partial charge in [0, 0.05) is 5.56 Å². The van der Waals surface area contributed by atoms with E-state index in [9.17, 15) is 18.0 Å². The Bertz CT molecular complexity index is 599. The first-order valence-electron chi connectivity index (χ1n) is 5.25. The minimum Gasteiger partial charge on any atom is -0.471 e. The normalized spacial score (nSPS) is 11.4. The smallest absolute Gasteiger partial charge is 0.416 e. The zero-order chi connectivity index (χ0) is 14.0. The summed E-state index contributed by atoms with van der Waals surface area (Å²) in [6.45, 7) is 0. The number of carbonyl (C=O) groups excluding carboxylic acids is 1. The van der Waals surface area contributed by atoms with Gasteiger partial charge in [-0.25, -0.2) is 4.79 Å². The molecule has 0 atom stereocenters. The highest BCUT2D eigenvalue weighted by Gasteiger charge is 2.30. The Morgan fingerprint density at radius 2 is 2.00 bits per heavy atom. The van der Waals surface area contributed by atoms with Crippen LogP contribution >= 0.6 is 0 Å². The fourth-order valence-electron chi connectivity index (χ4n) is 1.65. The standard InChI is InChI=1S/C13H9F3O3/c1-18-12(17)11-7-19-6-10(11)8-3-2-4-9(5-8)13(14,15)16/h2-7H,1H3. The van der Waals surface area contributed by atoms with Gasteiger partial charge in [0.15, 0.2) is 0 Å². The molecule has 0 radical (unpaired) electrons. The van der Waals surface area contributed by atoms with E-state index in [4.69, 9.17) is 4.42 Å². The second kappa shape index (κ2) is 4.79. The summed E-state index contributed by atoms with van der Waals surface area (Å²) in [4.78, 5) is 11.4. The Balaban J connectivity index is 2.49. The fourth-order valence-corrected chi connectivity index (χ4v) is 1.65. The highest BCUT2D eigenvalue weighted by molar-refractivity contribution is 5.96. The van der Waals surface area contributed by atoms with Crippen LogP contribution in [0.25, 0.3) is 11.1 Å². The van der Waals surface area contributed by atoms with E-state index in [0.717, 1.165) is 18.4 Å². The number of benzene rings is 1. The molecule has 0 fully saturated rings. The van der Waals surface area contributed by atoms with Crippen LogP contribution in [0.1, 0.15) is 15.9 Å². The number of esters is 1. The van der Waals surface area contributed by atoms with Crippen molar-refractivity contribution < 1.29 is 27.1 Å². The van der Waals surface area contributed by atoms with Crippen LogP contribution in [0, 0.1) is 0 Å². The summed E-state index contributed by atoms with van der Waals surface area (Å²) < 4.78 is 47.3. The molecule has 6 heteroatoms. The Morgan fingerprint density at radius 3 is 2.63 bits per heavy atom. The Kier molecular flexibility index (Phi) is 3.33. The molecule has 0 saturated heterocycles.